The molecule has 1 aromatic rings. The number of amides is 2. The van der Waals surface area contributed by atoms with Gasteiger partial charge in [-0.05, 0) is 37.0 Å². The first kappa shape index (κ1) is 20.0. The monoisotopic (exact) mass is 390 g/mol. The zero-order chi connectivity index (χ0) is 20.3. The number of carboxylic acid groups (broad SMARTS) is 1. The molecule has 2 heterocycles. The number of carbonyl (C=O) groups is 3. The third-order valence-corrected chi connectivity index (χ3v) is 5.50. The predicted molar refractivity (Wildman–Crippen MR) is 100 cm³/mol. The van der Waals surface area contributed by atoms with Crippen LogP contribution in [-0.4, -0.2) is 72.6 Å². The number of rotatable bonds is 7. The van der Waals surface area contributed by atoms with Gasteiger partial charge in [-0.2, -0.15) is 0 Å². The zero-order valence-corrected chi connectivity index (χ0v) is 16.2. The molecule has 2 saturated heterocycles. The molecule has 1 N–H and O–H groups in total. The van der Waals surface area contributed by atoms with E-state index in [2.05, 4.69) is 0 Å². The van der Waals surface area contributed by atoms with Gasteiger partial charge in [0.1, 0.15) is 6.04 Å². The van der Waals surface area contributed by atoms with Crippen LogP contribution in [0, 0.1) is 5.92 Å². The quantitative estimate of drug-likeness (QED) is 0.751. The lowest BCUT2D eigenvalue weighted by atomic mass is 10.1. The van der Waals surface area contributed by atoms with Crippen molar-refractivity contribution in [3.05, 3.63) is 23.8 Å². The highest BCUT2D eigenvalue weighted by atomic mass is 16.5. The molecule has 2 amide bonds. The van der Waals surface area contributed by atoms with Crippen LogP contribution < -0.4 is 9.47 Å². The van der Waals surface area contributed by atoms with Gasteiger partial charge in [0.05, 0.1) is 20.1 Å². The number of carboxylic acids is 1. The molecule has 0 unspecified atom stereocenters. The molecule has 1 aromatic carbocycles. The van der Waals surface area contributed by atoms with E-state index in [1.165, 1.54) is 4.90 Å². The van der Waals surface area contributed by atoms with E-state index in [-0.39, 0.29) is 18.2 Å². The average Bonchev–Trinajstić information content (AvgIpc) is 3.32. The van der Waals surface area contributed by atoms with Crippen LogP contribution in [0.25, 0.3) is 0 Å². The van der Waals surface area contributed by atoms with Crippen molar-refractivity contribution in [3.63, 3.8) is 0 Å². The molecule has 2 fully saturated rings. The molecular weight excluding hydrogens is 364 g/mol. The molecule has 0 saturated carbocycles. The van der Waals surface area contributed by atoms with Gasteiger partial charge in [0.25, 0.3) is 0 Å². The molecule has 2 aliphatic rings. The summed E-state index contributed by atoms with van der Waals surface area (Å²) in [5, 5.41) is 9.28. The van der Waals surface area contributed by atoms with Gasteiger partial charge in [-0.3, -0.25) is 9.59 Å². The smallest absolute Gasteiger partial charge is 0.326 e. The largest absolute Gasteiger partial charge is 0.493 e. The van der Waals surface area contributed by atoms with E-state index < -0.39 is 17.9 Å². The second kappa shape index (κ2) is 8.50. The Morgan fingerprint density at radius 3 is 2.64 bits per heavy atom. The van der Waals surface area contributed by atoms with Crippen molar-refractivity contribution in [2.75, 3.05) is 33.9 Å². The molecular formula is C20H26N2O6. The summed E-state index contributed by atoms with van der Waals surface area (Å²) >= 11 is 0. The van der Waals surface area contributed by atoms with Gasteiger partial charge in [0.2, 0.25) is 11.8 Å². The van der Waals surface area contributed by atoms with Crippen molar-refractivity contribution in [2.24, 2.45) is 5.92 Å². The molecule has 0 bridgehead atoms. The van der Waals surface area contributed by atoms with Gasteiger partial charge in [0.15, 0.2) is 11.5 Å². The van der Waals surface area contributed by atoms with Crippen molar-refractivity contribution in [1.29, 1.82) is 0 Å². The SMILES string of the molecule is COc1ccc(CCN2C[C@H](C(=O)N3CCC[C@@H]3C(=O)O)CC2=O)cc1OC. The first-order chi connectivity index (χ1) is 13.4. The van der Waals surface area contributed by atoms with Gasteiger partial charge in [-0.1, -0.05) is 6.07 Å². The molecule has 3 rings (SSSR count). The third-order valence-electron chi connectivity index (χ3n) is 5.50. The van der Waals surface area contributed by atoms with E-state index in [0.717, 1.165) is 5.56 Å². The summed E-state index contributed by atoms with van der Waals surface area (Å²) in [5.41, 5.74) is 1.01. The molecule has 28 heavy (non-hydrogen) atoms. The zero-order valence-electron chi connectivity index (χ0n) is 16.2. The molecule has 152 valence electrons. The van der Waals surface area contributed by atoms with Gasteiger partial charge in [0, 0.05) is 26.1 Å². The second-order valence-electron chi connectivity index (χ2n) is 7.21. The van der Waals surface area contributed by atoms with Crippen molar-refractivity contribution in [3.8, 4) is 11.5 Å². The number of likely N-dealkylation sites (tertiary alicyclic amines) is 2. The van der Waals surface area contributed by atoms with Crippen LogP contribution >= 0.6 is 0 Å². The minimum atomic E-state index is -0.972. The van der Waals surface area contributed by atoms with Crippen molar-refractivity contribution in [1.82, 2.24) is 9.80 Å². The first-order valence-electron chi connectivity index (χ1n) is 9.46. The topological polar surface area (TPSA) is 96.4 Å². The van der Waals surface area contributed by atoms with E-state index in [1.807, 2.05) is 18.2 Å². The number of carbonyl (C=O) groups excluding carboxylic acids is 2. The fraction of sp³-hybridized carbons (Fsp3) is 0.550. The fourth-order valence-electron chi connectivity index (χ4n) is 3.98. The number of nitrogens with zero attached hydrogens (tertiary/aromatic N) is 2. The highest BCUT2D eigenvalue weighted by molar-refractivity contribution is 5.91. The lowest BCUT2D eigenvalue weighted by Crippen LogP contribution is -2.44. The van der Waals surface area contributed by atoms with Crippen LogP contribution in [0.4, 0.5) is 0 Å². The summed E-state index contributed by atoms with van der Waals surface area (Å²) in [4.78, 5) is 39.5. The Morgan fingerprint density at radius 1 is 1.21 bits per heavy atom. The number of ether oxygens (including phenoxy) is 2. The summed E-state index contributed by atoms with van der Waals surface area (Å²) in [6, 6.07) is 4.87. The van der Waals surface area contributed by atoms with Crippen molar-refractivity contribution >= 4 is 17.8 Å². The van der Waals surface area contributed by atoms with Crippen LogP contribution in [0.15, 0.2) is 18.2 Å². The fourth-order valence-corrected chi connectivity index (χ4v) is 3.98. The number of methoxy groups -OCH3 is 2. The van der Waals surface area contributed by atoms with Crippen LogP contribution in [0.3, 0.4) is 0 Å². The summed E-state index contributed by atoms with van der Waals surface area (Å²) in [6.45, 7) is 1.29. The van der Waals surface area contributed by atoms with E-state index in [9.17, 15) is 19.5 Å². The number of benzene rings is 1. The normalized spacial score (nSPS) is 21.9. The molecule has 8 nitrogen and oxygen atoms in total. The van der Waals surface area contributed by atoms with Crippen LogP contribution in [0.2, 0.25) is 0 Å². The van der Waals surface area contributed by atoms with E-state index in [1.54, 1.807) is 19.1 Å². The molecule has 0 spiro atoms. The molecule has 2 aliphatic heterocycles. The summed E-state index contributed by atoms with van der Waals surface area (Å²) in [5.74, 6) is -0.433. The molecule has 2 atom stereocenters. The Labute approximate surface area is 164 Å². The Kier molecular flexibility index (Phi) is 6.06. The number of hydrogen-bond donors (Lipinski definition) is 1. The summed E-state index contributed by atoms with van der Waals surface area (Å²) < 4.78 is 10.5. The molecule has 0 aromatic heterocycles. The lowest BCUT2D eigenvalue weighted by molar-refractivity contribution is -0.149. The van der Waals surface area contributed by atoms with E-state index in [4.69, 9.17) is 9.47 Å². The highest BCUT2D eigenvalue weighted by Gasteiger charge is 2.41. The van der Waals surface area contributed by atoms with E-state index in [0.29, 0.717) is 50.4 Å². The first-order valence-corrected chi connectivity index (χ1v) is 9.46. The minimum absolute atomic E-state index is 0.0649. The van der Waals surface area contributed by atoms with Gasteiger partial charge in [-0.25, -0.2) is 4.79 Å². The van der Waals surface area contributed by atoms with Crippen molar-refractivity contribution < 1.29 is 29.0 Å². The number of hydrogen-bond acceptors (Lipinski definition) is 5. The lowest BCUT2D eigenvalue weighted by Gasteiger charge is -2.24. The third kappa shape index (κ3) is 4.05. The van der Waals surface area contributed by atoms with Gasteiger partial charge < -0.3 is 24.4 Å². The molecule has 0 aliphatic carbocycles. The van der Waals surface area contributed by atoms with Crippen LogP contribution in [0.5, 0.6) is 11.5 Å². The predicted octanol–water partition coefficient (Wildman–Crippen LogP) is 1.17. The Morgan fingerprint density at radius 2 is 1.96 bits per heavy atom. The Hall–Kier alpha value is -2.77. The standard InChI is InChI=1S/C20H26N2O6/c1-27-16-6-5-13(10-17(16)28-2)7-9-21-12-14(11-18(21)23)19(24)22-8-3-4-15(22)20(25)26/h5-6,10,14-15H,3-4,7-9,11-12H2,1-2H3,(H,25,26)/t14-,15-/m1/s1. The summed E-state index contributed by atoms with van der Waals surface area (Å²) in [6.07, 6.45) is 1.94. The Balaban J connectivity index is 1.59. The molecule has 8 heteroatoms. The average molecular weight is 390 g/mol. The maximum absolute atomic E-state index is 12.7. The van der Waals surface area contributed by atoms with Crippen LogP contribution in [0.1, 0.15) is 24.8 Å². The van der Waals surface area contributed by atoms with E-state index >= 15 is 0 Å². The molecule has 0 radical (unpaired) electrons. The van der Waals surface area contributed by atoms with Gasteiger partial charge >= 0.3 is 5.97 Å². The van der Waals surface area contributed by atoms with Crippen molar-refractivity contribution in [2.45, 2.75) is 31.7 Å². The number of aliphatic carboxylic acids is 1. The van der Waals surface area contributed by atoms with Gasteiger partial charge in [-0.15, -0.1) is 0 Å². The summed E-state index contributed by atoms with van der Waals surface area (Å²) in [7, 11) is 3.15. The maximum Gasteiger partial charge on any atom is 0.326 e. The highest BCUT2D eigenvalue weighted by Crippen LogP contribution is 2.29. The maximum atomic E-state index is 12.7. The van der Waals surface area contributed by atoms with Crippen LogP contribution in [-0.2, 0) is 20.8 Å². The minimum Gasteiger partial charge on any atom is -0.493 e. The Bertz CT molecular complexity index is 765. The second-order valence-corrected chi connectivity index (χ2v) is 7.21.